The summed E-state index contributed by atoms with van der Waals surface area (Å²) >= 11 is 3.37. The molecule has 16 heavy (non-hydrogen) atoms. The molecule has 2 unspecified atom stereocenters. The Labute approximate surface area is 104 Å². The van der Waals surface area contributed by atoms with Crippen LogP contribution in [-0.4, -0.2) is 18.1 Å². The van der Waals surface area contributed by atoms with E-state index < -0.39 is 0 Å². The van der Waals surface area contributed by atoms with E-state index in [1.54, 1.807) is 0 Å². The van der Waals surface area contributed by atoms with Crippen LogP contribution in [0.4, 0.5) is 0 Å². The van der Waals surface area contributed by atoms with Crippen molar-refractivity contribution in [3.8, 4) is 0 Å². The standard InChI is InChI=1S/C13H15BrN2/c14-13-2-1-10(8-16-13)11-5-9-3-4-15-7-12(9)6-11/h1-2,5,8-9,12,15H,3-4,6-7H2. The molecule has 0 bridgehead atoms. The summed E-state index contributed by atoms with van der Waals surface area (Å²) in [5, 5.41) is 3.48. The van der Waals surface area contributed by atoms with E-state index in [0.717, 1.165) is 16.4 Å². The predicted molar refractivity (Wildman–Crippen MR) is 69.0 cm³/mol. The number of piperidine rings is 1. The summed E-state index contributed by atoms with van der Waals surface area (Å²) in [6.45, 7) is 2.35. The van der Waals surface area contributed by atoms with Crippen LogP contribution in [0.2, 0.25) is 0 Å². The molecule has 0 saturated carbocycles. The molecule has 3 heteroatoms. The smallest absolute Gasteiger partial charge is 0.106 e. The maximum atomic E-state index is 4.30. The molecule has 2 heterocycles. The molecule has 1 fully saturated rings. The zero-order valence-corrected chi connectivity index (χ0v) is 10.7. The number of nitrogens with zero attached hydrogens (tertiary/aromatic N) is 1. The van der Waals surface area contributed by atoms with Crippen molar-refractivity contribution < 1.29 is 0 Å². The van der Waals surface area contributed by atoms with Crippen LogP contribution < -0.4 is 5.32 Å². The van der Waals surface area contributed by atoms with Gasteiger partial charge in [0.2, 0.25) is 0 Å². The molecule has 1 aromatic rings. The lowest BCUT2D eigenvalue weighted by Gasteiger charge is -2.25. The predicted octanol–water partition coefficient (Wildman–Crippen LogP) is 2.86. The number of halogens is 1. The number of aromatic nitrogens is 1. The first kappa shape index (κ1) is 10.5. The fourth-order valence-corrected chi connectivity index (χ4v) is 3.01. The number of allylic oxidation sites excluding steroid dienone is 2. The van der Waals surface area contributed by atoms with Crippen molar-refractivity contribution in [3.05, 3.63) is 34.6 Å². The van der Waals surface area contributed by atoms with Gasteiger partial charge in [-0.15, -0.1) is 0 Å². The topological polar surface area (TPSA) is 24.9 Å². The second kappa shape index (κ2) is 4.30. The van der Waals surface area contributed by atoms with Gasteiger partial charge in [0.25, 0.3) is 0 Å². The average molecular weight is 279 g/mol. The van der Waals surface area contributed by atoms with Crippen LogP contribution in [0.1, 0.15) is 18.4 Å². The van der Waals surface area contributed by atoms with Crippen molar-refractivity contribution in [2.24, 2.45) is 11.8 Å². The Morgan fingerprint density at radius 3 is 3.06 bits per heavy atom. The molecule has 84 valence electrons. The summed E-state index contributed by atoms with van der Waals surface area (Å²) in [7, 11) is 0. The number of pyridine rings is 1. The van der Waals surface area contributed by atoms with Crippen LogP contribution in [0.15, 0.2) is 29.0 Å². The summed E-state index contributed by atoms with van der Waals surface area (Å²) < 4.78 is 0.911. The van der Waals surface area contributed by atoms with E-state index in [9.17, 15) is 0 Å². The normalized spacial score (nSPS) is 28.7. The minimum Gasteiger partial charge on any atom is -0.316 e. The summed E-state index contributed by atoms with van der Waals surface area (Å²) in [6.07, 6.45) is 6.94. The van der Waals surface area contributed by atoms with Crippen molar-refractivity contribution in [1.29, 1.82) is 0 Å². The molecule has 1 aliphatic carbocycles. The maximum Gasteiger partial charge on any atom is 0.106 e. The van der Waals surface area contributed by atoms with Crippen molar-refractivity contribution in [2.45, 2.75) is 12.8 Å². The Bertz CT molecular complexity index is 410. The highest BCUT2D eigenvalue weighted by Crippen LogP contribution is 2.38. The third-order valence-electron chi connectivity index (χ3n) is 3.66. The van der Waals surface area contributed by atoms with E-state index in [1.807, 2.05) is 12.3 Å². The van der Waals surface area contributed by atoms with Crippen molar-refractivity contribution in [1.82, 2.24) is 10.3 Å². The van der Waals surface area contributed by atoms with Gasteiger partial charge in [-0.05, 0) is 70.9 Å². The average Bonchev–Trinajstić information content (AvgIpc) is 2.73. The molecular weight excluding hydrogens is 264 g/mol. The van der Waals surface area contributed by atoms with Gasteiger partial charge in [0.05, 0.1) is 0 Å². The fraction of sp³-hybridized carbons (Fsp3) is 0.462. The van der Waals surface area contributed by atoms with Gasteiger partial charge >= 0.3 is 0 Å². The minimum atomic E-state index is 0.792. The summed E-state index contributed by atoms with van der Waals surface area (Å²) in [6, 6.07) is 4.18. The lowest BCUT2D eigenvalue weighted by atomic mass is 9.89. The molecule has 2 atom stereocenters. The van der Waals surface area contributed by atoms with Crippen molar-refractivity contribution in [3.63, 3.8) is 0 Å². The van der Waals surface area contributed by atoms with Gasteiger partial charge in [0, 0.05) is 6.20 Å². The first-order valence-electron chi connectivity index (χ1n) is 5.86. The Morgan fingerprint density at radius 2 is 2.31 bits per heavy atom. The molecule has 0 radical (unpaired) electrons. The quantitative estimate of drug-likeness (QED) is 0.800. The van der Waals surface area contributed by atoms with Crippen LogP contribution in [0.3, 0.4) is 0 Å². The monoisotopic (exact) mass is 278 g/mol. The van der Waals surface area contributed by atoms with Crippen LogP contribution in [0, 0.1) is 11.8 Å². The molecule has 1 saturated heterocycles. The van der Waals surface area contributed by atoms with Crippen LogP contribution >= 0.6 is 15.9 Å². The Balaban J connectivity index is 1.83. The Morgan fingerprint density at radius 1 is 1.38 bits per heavy atom. The summed E-state index contributed by atoms with van der Waals surface area (Å²) in [5.74, 6) is 1.60. The fourth-order valence-electron chi connectivity index (χ4n) is 2.77. The zero-order valence-electron chi connectivity index (χ0n) is 9.12. The first-order chi connectivity index (χ1) is 7.83. The molecule has 0 aromatic carbocycles. The van der Waals surface area contributed by atoms with Gasteiger partial charge in [0.15, 0.2) is 0 Å². The second-order valence-electron chi connectivity index (χ2n) is 4.68. The van der Waals surface area contributed by atoms with Gasteiger partial charge in [0.1, 0.15) is 4.60 Å². The highest BCUT2D eigenvalue weighted by atomic mass is 79.9. The first-order valence-corrected chi connectivity index (χ1v) is 6.65. The number of rotatable bonds is 1. The molecular formula is C13H15BrN2. The van der Waals surface area contributed by atoms with Crippen LogP contribution in [0.5, 0.6) is 0 Å². The highest BCUT2D eigenvalue weighted by molar-refractivity contribution is 9.10. The number of fused-ring (bicyclic) bond motifs is 1. The molecule has 1 aromatic heterocycles. The number of hydrogen-bond acceptors (Lipinski definition) is 2. The van der Waals surface area contributed by atoms with Gasteiger partial charge in [-0.2, -0.15) is 0 Å². The zero-order chi connectivity index (χ0) is 11.0. The molecule has 2 aliphatic rings. The van der Waals surface area contributed by atoms with Crippen LogP contribution in [-0.2, 0) is 0 Å². The van der Waals surface area contributed by atoms with Gasteiger partial charge in [-0.1, -0.05) is 12.1 Å². The van der Waals surface area contributed by atoms with Crippen molar-refractivity contribution in [2.75, 3.05) is 13.1 Å². The van der Waals surface area contributed by atoms with E-state index >= 15 is 0 Å². The largest absolute Gasteiger partial charge is 0.316 e. The Kier molecular flexibility index (Phi) is 2.82. The lowest BCUT2D eigenvalue weighted by molar-refractivity contribution is 0.324. The Hall–Kier alpha value is -0.670. The summed E-state index contributed by atoms with van der Waals surface area (Å²) in [4.78, 5) is 4.30. The third-order valence-corrected chi connectivity index (χ3v) is 4.13. The second-order valence-corrected chi connectivity index (χ2v) is 5.49. The van der Waals surface area contributed by atoms with Gasteiger partial charge in [-0.3, -0.25) is 0 Å². The number of hydrogen-bond donors (Lipinski definition) is 1. The third kappa shape index (κ3) is 1.94. The van der Waals surface area contributed by atoms with E-state index in [4.69, 9.17) is 0 Å². The maximum absolute atomic E-state index is 4.30. The summed E-state index contributed by atoms with van der Waals surface area (Å²) in [5.41, 5.74) is 2.77. The lowest BCUT2D eigenvalue weighted by Crippen LogP contribution is -2.33. The van der Waals surface area contributed by atoms with E-state index in [0.29, 0.717) is 0 Å². The molecule has 0 amide bonds. The van der Waals surface area contributed by atoms with E-state index in [1.165, 1.54) is 37.1 Å². The minimum absolute atomic E-state index is 0.792. The molecule has 1 aliphatic heterocycles. The van der Waals surface area contributed by atoms with Gasteiger partial charge < -0.3 is 5.32 Å². The molecule has 2 nitrogen and oxygen atoms in total. The van der Waals surface area contributed by atoms with Crippen molar-refractivity contribution >= 4 is 21.5 Å². The molecule has 1 N–H and O–H groups in total. The van der Waals surface area contributed by atoms with E-state index in [2.05, 4.69) is 38.4 Å². The molecule has 0 spiro atoms. The van der Waals surface area contributed by atoms with Gasteiger partial charge in [-0.25, -0.2) is 4.98 Å². The highest BCUT2D eigenvalue weighted by Gasteiger charge is 2.29. The van der Waals surface area contributed by atoms with Crippen LogP contribution in [0.25, 0.3) is 5.57 Å². The molecule has 3 rings (SSSR count). The SMILES string of the molecule is Brc1ccc(C2=CC3CCNCC3C2)cn1. The number of nitrogens with one attached hydrogen (secondary N) is 1. The van der Waals surface area contributed by atoms with E-state index in [-0.39, 0.29) is 0 Å².